The standard InChI is InChI=1S/C18H31N3/c1-4-19-14-18(11-6-5-7-12-18)15-21(3)13-17-10-8-9-16(2)20-17/h8-10,19H,4-7,11-15H2,1-3H3. The van der Waals surface area contributed by atoms with Crippen molar-refractivity contribution in [1.82, 2.24) is 15.2 Å². The van der Waals surface area contributed by atoms with E-state index in [-0.39, 0.29) is 0 Å². The second-order valence-corrected chi connectivity index (χ2v) is 6.78. The van der Waals surface area contributed by atoms with Crippen LogP contribution in [0.2, 0.25) is 0 Å². The van der Waals surface area contributed by atoms with Gasteiger partial charge in [-0.2, -0.15) is 0 Å². The van der Waals surface area contributed by atoms with E-state index < -0.39 is 0 Å². The first-order chi connectivity index (χ1) is 10.1. The van der Waals surface area contributed by atoms with E-state index in [9.17, 15) is 0 Å². The molecule has 1 heterocycles. The number of aromatic nitrogens is 1. The fraction of sp³-hybridized carbons (Fsp3) is 0.722. The van der Waals surface area contributed by atoms with Gasteiger partial charge in [-0.25, -0.2) is 0 Å². The van der Waals surface area contributed by atoms with Crippen LogP contribution in [0.3, 0.4) is 0 Å². The van der Waals surface area contributed by atoms with Crippen molar-refractivity contribution in [1.29, 1.82) is 0 Å². The summed E-state index contributed by atoms with van der Waals surface area (Å²) in [5, 5.41) is 3.59. The lowest BCUT2D eigenvalue weighted by molar-refractivity contribution is 0.114. The molecule has 118 valence electrons. The molecule has 2 rings (SSSR count). The highest BCUT2D eigenvalue weighted by molar-refractivity contribution is 5.09. The molecule has 0 aliphatic heterocycles. The minimum absolute atomic E-state index is 0.465. The number of rotatable bonds is 7. The summed E-state index contributed by atoms with van der Waals surface area (Å²) in [4.78, 5) is 7.10. The Morgan fingerprint density at radius 3 is 2.67 bits per heavy atom. The predicted octanol–water partition coefficient (Wildman–Crippen LogP) is 3.38. The van der Waals surface area contributed by atoms with Crippen LogP contribution in [0, 0.1) is 12.3 Å². The number of aryl methyl sites for hydroxylation is 1. The highest BCUT2D eigenvalue weighted by atomic mass is 15.1. The molecule has 0 amide bonds. The topological polar surface area (TPSA) is 28.2 Å². The second kappa shape index (κ2) is 7.90. The molecule has 0 saturated heterocycles. The lowest BCUT2D eigenvalue weighted by Crippen LogP contribution is -2.44. The third-order valence-electron chi connectivity index (χ3n) is 4.65. The lowest BCUT2D eigenvalue weighted by atomic mass is 9.73. The van der Waals surface area contributed by atoms with Crippen LogP contribution in [0.25, 0.3) is 0 Å². The molecule has 21 heavy (non-hydrogen) atoms. The van der Waals surface area contributed by atoms with E-state index in [2.05, 4.69) is 54.3 Å². The Kier molecular flexibility index (Phi) is 6.19. The number of hydrogen-bond donors (Lipinski definition) is 1. The Bertz CT molecular complexity index is 424. The molecule has 1 aromatic rings. The summed E-state index contributed by atoms with van der Waals surface area (Å²) < 4.78 is 0. The number of nitrogens with zero attached hydrogens (tertiary/aromatic N) is 2. The van der Waals surface area contributed by atoms with Crippen LogP contribution >= 0.6 is 0 Å². The summed E-state index contributed by atoms with van der Waals surface area (Å²) in [5.41, 5.74) is 2.76. The molecule has 1 aliphatic rings. The van der Waals surface area contributed by atoms with Crippen LogP contribution in [-0.2, 0) is 6.54 Å². The molecular weight excluding hydrogens is 258 g/mol. The van der Waals surface area contributed by atoms with Crippen molar-refractivity contribution < 1.29 is 0 Å². The Morgan fingerprint density at radius 1 is 1.24 bits per heavy atom. The molecule has 0 aromatic carbocycles. The Hall–Kier alpha value is -0.930. The van der Waals surface area contributed by atoms with E-state index in [0.29, 0.717) is 5.41 Å². The monoisotopic (exact) mass is 289 g/mol. The molecular formula is C18H31N3. The van der Waals surface area contributed by atoms with Crippen molar-refractivity contribution in [2.24, 2.45) is 5.41 Å². The zero-order valence-corrected chi connectivity index (χ0v) is 14.0. The molecule has 1 aliphatic carbocycles. The highest BCUT2D eigenvalue weighted by Crippen LogP contribution is 2.36. The Labute approximate surface area is 130 Å². The van der Waals surface area contributed by atoms with Gasteiger partial charge in [-0.05, 0) is 50.9 Å². The van der Waals surface area contributed by atoms with E-state index >= 15 is 0 Å². The second-order valence-electron chi connectivity index (χ2n) is 6.78. The molecule has 0 unspecified atom stereocenters. The van der Waals surface area contributed by atoms with Crippen molar-refractivity contribution in [2.45, 2.75) is 52.5 Å². The van der Waals surface area contributed by atoms with E-state index in [0.717, 1.165) is 25.3 Å². The van der Waals surface area contributed by atoms with Crippen molar-refractivity contribution in [3.8, 4) is 0 Å². The maximum absolute atomic E-state index is 4.63. The number of pyridine rings is 1. The van der Waals surface area contributed by atoms with Gasteiger partial charge in [0.25, 0.3) is 0 Å². The van der Waals surface area contributed by atoms with Gasteiger partial charge >= 0.3 is 0 Å². The molecule has 0 atom stereocenters. The largest absolute Gasteiger partial charge is 0.316 e. The number of nitrogens with one attached hydrogen (secondary N) is 1. The fourth-order valence-corrected chi connectivity index (χ4v) is 3.68. The molecule has 0 spiro atoms. The van der Waals surface area contributed by atoms with Gasteiger partial charge in [0.15, 0.2) is 0 Å². The van der Waals surface area contributed by atoms with Crippen LogP contribution in [0.1, 0.15) is 50.4 Å². The predicted molar refractivity (Wildman–Crippen MR) is 89.4 cm³/mol. The van der Waals surface area contributed by atoms with E-state index in [1.807, 2.05) is 0 Å². The third-order valence-corrected chi connectivity index (χ3v) is 4.65. The molecule has 1 fully saturated rings. The Balaban J connectivity index is 1.95. The quantitative estimate of drug-likeness (QED) is 0.834. The highest BCUT2D eigenvalue weighted by Gasteiger charge is 2.32. The molecule has 3 heteroatoms. The van der Waals surface area contributed by atoms with Gasteiger partial charge in [0.2, 0.25) is 0 Å². The summed E-state index contributed by atoms with van der Waals surface area (Å²) in [6, 6.07) is 6.32. The Morgan fingerprint density at radius 2 is 2.00 bits per heavy atom. The van der Waals surface area contributed by atoms with Crippen LogP contribution in [-0.4, -0.2) is 36.6 Å². The minimum Gasteiger partial charge on any atom is -0.316 e. The zero-order valence-electron chi connectivity index (χ0n) is 14.0. The molecule has 1 saturated carbocycles. The van der Waals surface area contributed by atoms with Crippen molar-refractivity contribution in [2.75, 3.05) is 26.7 Å². The molecule has 0 radical (unpaired) electrons. The van der Waals surface area contributed by atoms with Crippen molar-refractivity contribution in [3.63, 3.8) is 0 Å². The van der Waals surface area contributed by atoms with E-state index in [4.69, 9.17) is 0 Å². The van der Waals surface area contributed by atoms with Gasteiger partial charge in [0.1, 0.15) is 0 Å². The van der Waals surface area contributed by atoms with Crippen LogP contribution < -0.4 is 5.32 Å². The van der Waals surface area contributed by atoms with Crippen LogP contribution in [0.5, 0.6) is 0 Å². The van der Waals surface area contributed by atoms with Crippen molar-refractivity contribution in [3.05, 3.63) is 29.6 Å². The van der Waals surface area contributed by atoms with Gasteiger partial charge in [0, 0.05) is 25.3 Å². The smallest absolute Gasteiger partial charge is 0.0547 e. The van der Waals surface area contributed by atoms with Gasteiger partial charge in [0.05, 0.1) is 5.69 Å². The number of hydrogen-bond acceptors (Lipinski definition) is 3. The average Bonchev–Trinajstić information content (AvgIpc) is 2.46. The summed E-state index contributed by atoms with van der Waals surface area (Å²) in [7, 11) is 2.24. The normalized spacial score (nSPS) is 18.1. The SMILES string of the molecule is CCNCC1(CN(C)Cc2cccc(C)n2)CCCCC1. The first-order valence-electron chi connectivity index (χ1n) is 8.45. The van der Waals surface area contributed by atoms with Crippen molar-refractivity contribution >= 4 is 0 Å². The van der Waals surface area contributed by atoms with Crippen LogP contribution in [0.4, 0.5) is 0 Å². The molecule has 3 nitrogen and oxygen atoms in total. The average molecular weight is 289 g/mol. The van der Waals surface area contributed by atoms with Gasteiger partial charge in [-0.15, -0.1) is 0 Å². The van der Waals surface area contributed by atoms with Crippen LogP contribution in [0.15, 0.2) is 18.2 Å². The summed E-state index contributed by atoms with van der Waals surface area (Å²) in [6.45, 7) is 8.64. The first kappa shape index (κ1) is 16.4. The molecule has 1 N–H and O–H groups in total. The zero-order chi connectivity index (χ0) is 15.1. The summed E-state index contributed by atoms with van der Waals surface area (Å²) >= 11 is 0. The first-order valence-corrected chi connectivity index (χ1v) is 8.45. The molecule has 0 bridgehead atoms. The van der Waals surface area contributed by atoms with Gasteiger partial charge < -0.3 is 5.32 Å². The molecule has 1 aromatic heterocycles. The maximum Gasteiger partial charge on any atom is 0.0547 e. The summed E-state index contributed by atoms with van der Waals surface area (Å²) in [5.74, 6) is 0. The van der Waals surface area contributed by atoms with Gasteiger partial charge in [-0.1, -0.05) is 32.3 Å². The van der Waals surface area contributed by atoms with E-state index in [1.165, 1.54) is 44.3 Å². The maximum atomic E-state index is 4.63. The third kappa shape index (κ3) is 5.08. The minimum atomic E-state index is 0.465. The fourth-order valence-electron chi connectivity index (χ4n) is 3.68. The summed E-state index contributed by atoms with van der Waals surface area (Å²) in [6.07, 6.45) is 6.93. The van der Waals surface area contributed by atoms with E-state index in [1.54, 1.807) is 0 Å². The lowest BCUT2D eigenvalue weighted by Gasteiger charge is -2.40. The van der Waals surface area contributed by atoms with Gasteiger partial charge in [-0.3, -0.25) is 9.88 Å².